The Kier molecular flexibility index (Phi) is 7.12. The molecule has 3 aliphatic rings. The molecule has 1 aromatic carbocycles. The summed E-state index contributed by atoms with van der Waals surface area (Å²) in [6.45, 7) is -0.378. The number of nitrogens with zero attached hydrogens (tertiary/aromatic N) is 2. The van der Waals surface area contributed by atoms with Gasteiger partial charge in [0.05, 0.1) is 28.2 Å². The zero-order valence-electron chi connectivity index (χ0n) is 17.4. The highest BCUT2D eigenvalue weighted by molar-refractivity contribution is 8.21. The molecular weight excluding hydrogens is 435 g/mol. The van der Waals surface area contributed by atoms with Crippen LogP contribution in [-0.4, -0.2) is 40.6 Å². The summed E-state index contributed by atoms with van der Waals surface area (Å²) in [5.41, 5.74) is 0.100. The van der Waals surface area contributed by atoms with Crippen LogP contribution in [0.1, 0.15) is 38.5 Å². The van der Waals surface area contributed by atoms with Crippen LogP contribution in [0.25, 0.3) is 0 Å². The molecule has 1 aliphatic heterocycles. The number of nitriles is 1. The van der Waals surface area contributed by atoms with E-state index in [4.69, 9.17) is 10.00 Å². The maximum absolute atomic E-state index is 14.2. The molecule has 8 heteroatoms. The van der Waals surface area contributed by atoms with Crippen LogP contribution >= 0.6 is 23.5 Å². The van der Waals surface area contributed by atoms with Crippen LogP contribution in [0.3, 0.4) is 0 Å². The highest BCUT2D eigenvalue weighted by Gasteiger charge is 2.55. The van der Waals surface area contributed by atoms with Crippen molar-refractivity contribution in [2.24, 2.45) is 17.8 Å². The minimum absolute atomic E-state index is 0.0539. The first kappa shape index (κ1) is 22.5. The van der Waals surface area contributed by atoms with Crippen LogP contribution in [0.2, 0.25) is 0 Å². The summed E-state index contributed by atoms with van der Waals surface area (Å²) in [6, 6.07) is 7.91. The van der Waals surface area contributed by atoms with Crippen LogP contribution < -0.4 is 4.90 Å². The SMILES string of the molecule is N#CCCN(C(=O)COC(=O)C1CC2CCCC(C1)C21SCCS1)c1ccccc1F. The average molecular weight is 463 g/mol. The lowest BCUT2D eigenvalue weighted by atomic mass is 9.67. The first-order valence-electron chi connectivity index (χ1n) is 10.9. The third kappa shape index (κ3) is 4.58. The second kappa shape index (κ2) is 9.83. The normalized spacial score (nSPS) is 26.3. The second-order valence-electron chi connectivity index (χ2n) is 8.42. The maximum Gasteiger partial charge on any atom is 0.309 e. The molecule has 0 N–H and O–H groups in total. The fourth-order valence-electron chi connectivity index (χ4n) is 5.34. The molecule has 2 saturated carbocycles. The van der Waals surface area contributed by atoms with Crippen LogP contribution in [0, 0.1) is 34.9 Å². The molecule has 31 heavy (non-hydrogen) atoms. The van der Waals surface area contributed by atoms with E-state index in [0.29, 0.717) is 11.8 Å². The van der Waals surface area contributed by atoms with Crippen molar-refractivity contribution in [3.8, 4) is 6.07 Å². The number of benzene rings is 1. The number of ether oxygens (including phenoxy) is 1. The largest absolute Gasteiger partial charge is 0.455 e. The van der Waals surface area contributed by atoms with Gasteiger partial charge in [-0.1, -0.05) is 18.6 Å². The van der Waals surface area contributed by atoms with Crippen molar-refractivity contribution in [3.05, 3.63) is 30.1 Å². The Balaban J connectivity index is 1.38. The summed E-state index contributed by atoms with van der Waals surface area (Å²) >= 11 is 4.18. The lowest BCUT2D eigenvalue weighted by Gasteiger charge is -2.51. The van der Waals surface area contributed by atoms with Crippen molar-refractivity contribution in [1.82, 2.24) is 0 Å². The Morgan fingerprint density at radius 1 is 1.19 bits per heavy atom. The molecule has 2 aliphatic carbocycles. The third-order valence-electron chi connectivity index (χ3n) is 6.68. The number of halogens is 1. The Labute approximate surface area is 191 Å². The highest BCUT2D eigenvalue weighted by atomic mass is 32.2. The molecular formula is C23H27FN2O3S2. The molecule has 2 unspecified atom stereocenters. The second-order valence-corrected chi connectivity index (χ2v) is 11.4. The predicted octanol–water partition coefficient (Wildman–Crippen LogP) is 4.62. The molecule has 1 saturated heterocycles. The third-order valence-corrected chi connectivity index (χ3v) is 10.7. The van der Waals surface area contributed by atoms with Crippen molar-refractivity contribution < 1.29 is 18.7 Å². The van der Waals surface area contributed by atoms with E-state index in [9.17, 15) is 14.0 Å². The maximum atomic E-state index is 14.2. The number of hydrogen-bond donors (Lipinski definition) is 0. The number of anilines is 1. The van der Waals surface area contributed by atoms with E-state index in [1.165, 1.54) is 35.0 Å². The predicted molar refractivity (Wildman–Crippen MR) is 121 cm³/mol. The molecule has 3 fully saturated rings. The number of para-hydroxylation sites is 1. The first-order chi connectivity index (χ1) is 15.0. The molecule has 1 aromatic rings. The Morgan fingerprint density at radius 3 is 2.52 bits per heavy atom. The Bertz CT molecular complexity index is 853. The fourth-order valence-corrected chi connectivity index (χ4v) is 9.28. The van der Waals surface area contributed by atoms with E-state index >= 15 is 0 Å². The van der Waals surface area contributed by atoms with Gasteiger partial charge in [-0.2, -0.15) is 5.26 Å². The monoisotopic (exact) mass is 462 g/mol. The van der Waals surface area contributed by atoms with E-state index < -0.39 is 18.3 Å². The molecule has 1 amide bonds. The molecule has 1 spiro atoms. The van der Waals surface area contributed by atoms with E-state index in [2.05, 4.69) is 23.5 Å². The fraction of sp³-hybridized carbons (Fsp3) is 0.609. The van der Waals surface area contributed by atoms with Gasteiger partial charge >= 0.3 is 5.97 Å². The van der Waals surface area contributed by atoms with E-state index in [1.807, 2.05) is 6.07 Å². The van der Waals surface area contributed by atoms with Gasteiger partial charge in [-0.3, -0.25) is 9.59 Å². The van der Waals surface area contributed by atoms with Crippen molar-refractivity contribution >= 4 is 41.1 Å². The zero-order valence-corrected chi connectivity index (χ0v) is 19.1. The number of hydrogen-bond acceptors (Lipinski definition) is 6. The topological polar surface area (TPSA) is 70.4 Å². The van der Waals surface area contributed by atoms with E-state index in [1.54, 1.807) is 12.1 Å². The van der Waals surface area contributed by atoms with Crippen LogP contribution in [0.5, 0.6) is 0 Å². The molecule has 166 valence electrons. The van der Waals surface area contributed by atoms with Crippen LogP contribution in [0.15, 0.2) is 24.3 Å². The summed E-state index contributed by atoms with van der Waals surface area (Å²) in [5.74, 6) is 1.89. The highest BCUT2D eigenvalue weighted by Crippen LogP contribution is 2.64. The standard InChI is InChI=1S/C23H27FN2O3S2/c24-19-7-1-2-8-20(19)26(10-4-9-25)21(27)15-29-22(28)16-13-17-5-3-6-18(14-16)23(17)30-11-12-31-23/h1-2,7-8,16-18H,3-6,10-15H2. The summed E-state index contributed by atoms with van der Waals surface area (Å²) in [5, 5.41) is 8.90. The molecule has 2 bridgehead atoms. The zero-order chi connectivity index (χ0) is 21.8. The Morgan fingerprint density at radius 2 is 1.87 bits per heavy atom. The van der Waals surface area contributed by atoms with Gasteiger partial charge in [-0.15, -0.1) is 23.5 Å². The molecule has 0 aromatic heterocycles. The number of carbonyl (C=O) groups is 2. The van der Waals surface area contributed by atoms with Crippen molar-refractivity contribution in [2.75, 3.05) is 29.6 Å². The minimum Gasteiger partial charge on any atom is -0.455 e. The summed E-state index contributed by atoms with van der Waals surface area (Å²) in [4.78, 5) is 26.8. The number of thioether (sulfide) groups is 2. The van der Waals surface area contributed by atoms with Gasteiger partial charge < -0.3 is 9.64 Å². The minimum atomic E-state index is -0.544. The van der Waals surface area contributed by atoms with Crippen molar-refractivity contribution in [1.29, 1.82) is 5.26 Å². The number of esters is 1. The van der Waals surface area contributed by atoms with Crippen LogP contribution in [-0.2, 0) is 14.3 Å². The lowest BCUT2D eigenvalue weighted by Crippen LogP contribution is -2.48. The first-order valence-corrected chi connectivity index (χ1v) is 12.9. The van der Waals surface area contributed by atoms with Gasteiger partial charge in [0.2, 0.25) is 0 Å². The quantitative estimate of drug-likeness (QED) is 0.575. The van der Waals surface area contributed by atoms with E-state index in [0.717, 1.165) is 25.7 Å². The van der Waals surface area contributed by atoms with Crippen molar-refractivity contribution in [2.45, 2.75) is 42.6 Å². The lowest BCUT2D eigenvalue weighted by molar-refractivity contribution is -0.154. The van der Waals surface area contributed by atoms with Gasteiger partial charge in [-0.25, -0.2) is 4.39 Å². The van der Waals surface area contributed by atoms with Gasteiger partial charge in [0, 0.05) is 18.1 Å². The smallest absolute Gasteiger partial charge is 0.309 e. The molecule has 5 nitrogen and oxygen atoms in total. The summed E-state index contributed by atoms with van der Waals surface area (Å²) < 4.78 is 19.9. The Hall–Kier alpha value is -1.72. The molecule has 2 atom stereocenters. The van der Waals surface area contributed by atoms with Crippen LogP contribution in [0.4, 0.5) is 10.1 Å². The summed E-state index contributed by atoms with van der Waals surface area (Å²) in [7, 11) is 0. The molecule has 4 rings (SSSR count). The van der Waals surface area contributed by atoms with E-state index in [-0.39, 0.29) is 34.6 Å². The van der Waals surface area contributed by atoms with Gasteiger partial charge in [-0.05, 0) is 49.7 Å². The number of carbonyl (C=O) groups excluding carboxylic acids is 2. The van der Waals surface area contributed by atoms with Gasteiger partial charge in [0.15, 0.2) is 6.61 Å². The number of amides is 1. The van der Waals surface area contributed by atoms with Gasteiger partial charge in [0.25, 0.3) is 5.91 Å². The molecule has 0 radical (unpaired) electrons. The summed E-state index contributed by atoms with van der Waals surface area (Å²) in [6.07, 6.45) is 5.28. The molecule has 1 heterocycles. The van der Waals surface area contributed by atoms with Gasteiger partial charge in [0.1, 0.15) is 5.82 Å². The van der Waals surface area contributed by atoms with Crippen molar-refractivity contribution in [3.63, 3.8) is 0 Å². The number of rotatable bonds is 6. The average Bonchev–Trinajstić information content (AvgIpc) is 3.22.